The Morgan fingerprint density at radius 3 is 0.952 bits per heavy atom. The molecule has 0 aromatic heterocycles. The molecule has 0 aliphatic heterocycles. The van der Waals surface area contributed by atoms with Gasteiger partial charge in [0.2, 0.25) is 11.8 Å². The maximum atomic E-state index is 12.8. The molecule has 0 aromatic rings. The van der Waals surface area contributed by atoms with E-state index in [0.717, 1.165) is 123 Å². The van der Waals surface area contributed by atoms with Gasteiger partial charge < -0.3 is 124 Å². The molecule has 0 heterocycles. The maximum Gasteiger partial charge on any atom is 0.407 e. The second kappa shape index (κ2) is 71.2. The summed E-state index contributed by atoms with van der Waals surface area (Å²) in [6, 6.07) is 0. The normalized spacial score (nSPS) is 25.1. The Morgan fingerprint density at radius 2 is 0.653 bits per heavy atom. The zero-order valence-electron chi connectivity index (χ0n) is 95.6. The number of amides is 5. The van der Waals surface area contributed by atoms with Gasteiger partial charge in [0.05, 0.1) is 203 Å². The molecule has 0 radical (unpaired) electrons. The van der Waals surface area contributed by atoms with Crippen LogP contribution >= 0.6 is 0 Å². The zero-order valence-corrected chi connectivity index (χ0v) is 95.6. The molecule has 0 bridgehead atoms. The zero-order chi connectivity index (χ0) is 108. The fourth-order valence-electron chi connectivity index (χ4n) is 24.7. The first-order valence-corrected chi connectivity index (χ1v) is 57.4. The molecule has 6 saturated carbocycles. The van der Waals surface area contributed by atoms with Crippen LogP contribution in [0.1, 0.15) is 292 Å². The van der Waals surface area contributed by atoms with Gasteiger partial charge in [-0.15, -0.1) is 0 Å². The van der Waals surface area contributed by atoms with Gasteiger partial charge in [0.15, 0.2) is 0 Å². The third-order valence-corrected chi connectivity index (χ3v) is 32.0. The second-order valence-electron chi connectivity index (χ2n) is 47.4. The molecule has 8 rings (SSSR count). The van der Waals surface area contributed by atoms with E-state index in [1.54, 1.807) is 31.9 Å². The Kier molecular flexibility index (Phi) is 63.3. The number of carbonyl (C=O) groups excluding carboxylic acids is 5. The fraction of sp³-hybridized carbons (Fsp3) is 0.912. The maximum absolute atomic E-state index is 12.8. The van der Waals surface area contributed by atoms with Crippen molar-refractivity contribution in [3.63, 3.8) is 0 Å². The van der Waals surface area contributed by atoms with Crippen molar-refractivity contribution in [1.29, 1.82) is 0 Å². The van der Waals surface area contributed by atoms with Gasteiger partial charge in [-0.2, -0.15) is 0 Å². The summed E-state index contributed by atoms with van der Waals surface area (Å²) < 4.78 is 94.1. The van der Waals surface area contributed by atoms with Crippen molar-refractivity contribution >= 4 is 36.1 Å². The highest BCUT2D eigenvalue weighted by atomic mass is 16.6. The predicted octanol–water partition coefficient (Wildman–Crippen LogP) is 15.2. The van der Waals surface area contributed by atoms with Crippen LogP contribution < -0.4 is 38.1 Å². The standard InChI is InChI=1S/C65H119N5O15.C33H61N3O.C16H31NO8/c1-50(2)13-12-14-51(3)55-17-18-56-54-16-15-52-49-53(19-23-64(52,10)57(54)20-24-65(55,56)11)83-36-31-70(29-25-66-58(71)21-32-75-37-41-79-45-47-81-43-39-77-34-27-68-60(73)84-62(4,5)6)30-26-67-59(72)22-33-76-38-42-80-46-48-82-44-40-78-35-28-69-61(74)85-63(7,8)9;1-24(2)7-6-8-25(3)29-11-12-30-28-10-9-26-23-27(37-22-21-36(19-17-34)20-18-35)13-15-32(26,4)31(28)14-16-33(29,30)5;1-16(2,3)25-15(20)17-5-7-22-9-11-24-13-12-23-10-8-21-6-4-14(18)19/h15,50-51,53-57H,12-14,16-49H2,1-11H3,(H,66,71)(H,67,72)(H,68,73)(H,69,74);9,24-25,27-31H,6-8,10-23,34-35H2,1-5H3;4-13H2,1-3H3,(H,17,20)(H,18,19)/p+2. The van der Waals surface area contributed by atoms with Crippen LogP contribution in [0.2, 0.25) is 0 Å². The number of carboxylic acid groups (broad SMARTS) is 1. The quantitative estimate of drug-likeness (QED) is 0.0159. The summed E-state index contributed by atoms with van der Waals surface area (Å²) in [5, 5.41) is 22.4. The van der Waals surface area contributed by atoms with Crippen LogP contribution in [-0.2, 0) is 94.9 Å². The number of rotatable bonds is 73. The molecule has 12 N–H and O–H groups in total. The Morgan fingerprint density at radius 1 is 0.354 bits per heavy atom. The minimum atomic E-state index is -0.878. The molecule has 33 heteroatoms. The van der Waals surface area contributed by atoms with Crippen molar-refractivity contribution in [1.82, 2.24) is 36.4 Å². The van der Waals surface area contributed by atoms with Crippen LogP contribution in [0.5, 0.6) is 0 Å². The number of hydrogen-bond donors (Lipinski definition) is 8. The summed E-state index contributed by atoms with van der Waals surface area (Å²) in [7, 11) is 0. The summed E-state index contributed by atoms with van der Waals surface area (Å²) in [6.45, 7) is 61.2. The van der Waals surface area contributed by atoms with E-state index >= 15 is 0 Å². The highest BCUT2D eigenvalue weighted by molar-refractivity contribution is 5.76. The van der Waals surface area contributed by atoms with E-state index in [4.69, 9.17) is 85.6 Å². The van der Waals surface area contributed by atoms with Crippen molar-refractivity contribution in [3.05, 3.63) is 23.3 Å². The van der Waals surface area contributed by atoms with Gasteiger partial charge in [-0.25, -0.2) is 14.4 Å². The van der Waals surface area contributed by atoms with Crippen LogP contribution in [0, 0.1) is 92.7 Å². The second-order valence-corrected chi connectivity index (χ2v) is 47.4. The van der Waals surface area contributed by atoms with Crippen molar-refractivity contribution in [3.8, 4) is 0 Å². The molecule has 16 unspecified atom stereocenters. The molecular weight excluding hydrogens is 1880 g/mol. The Hall–Kier alpha value is -5.02. The first kappa shape index (κ1) is 131. The predicted molar refractivity (Wildman–Crippen MR) is 574 cm³/mol. The number of fused-ring (bicyclic) bond motifs is 10. The van der Waals surface area contributed by atoms with Crippen LogP contribution in [0.3, 0.4) is 0 Å². The fourth-order valence-corrected chi connectivity index (χ4v) is 24.7. The number of allylic oxidation sites excluding steroid dienone is 2. The number of nitrogens with one attached hydrogen (secondary N) is 5. The van der Waals surface area contributed by atoms with Gasteiger partial charge >= 0.3 is 24.2 Å². The highest BCUT2D eigenvalue weighted by Gasteiger charge is 2.61. The topological polar surface area (TPSA) is 401 Å². The first-order valence-electron chi connectivity index (χ1n) is 57.4. The summed E-state index contributed by atoms with van der Waals surface area (Å²) in [6.07, 6.45) is 34.6. The lowest BCUT2D eigenvalue weighted by Crippen LogP contribution is -2.59. The molecular formula is C114H213N9O24+2. The molecule has 0 aromatic carbocycles. The SMILES string of the molecule is CC(C)(C)OC(=O)NCCOCCOCCOCCOCCC(=O)O.CC(C)CCCC(C)C1CCC2C3CC=C4CC(OCCN(CCNC(=O)CCOCCOCCOCCOCCNC(=O)OC(C)(C)C)CCNC(=O)CCOCCOCCOCCOCCNC(=O)OC(C)(C)C)CCC4(C)C3CCC12C.CC(C)CCCC(C)C1CCC2C3CC=C4CC(OCCN(CC[NH3+])CC[NH3+])CCC4(C)C3CCC12C. The lowest BCUT2D eigenvalue weighted by molar-refractivity contribution is -0.378. The van der Waals surface area contributed by atoms with Crippen LogP contribution in [-0.4, -0.2) is 337 Å². The van der Waals surface area contributed by atoms with E-state index in [1.807, 2.05) is 41.5 Å². The van der Waals surface area contributed by atoms with Crippen LogP contribution in [0.4, 0.5) is 14.4 Å². The van der Waals surface area contributed by atoms with Gasteiger partial charge in [0.25, 0.3) is 0 Å². The Balaban J connectivity index is 0.000000430. The molecule has 6 fully saturated rings. The lowest BCUT2D eigenvalue weighted by atomic mass is 9.47. The van der Waals surface area contributed by atoms with E-state index in [-0.39, 0.29) is 62.4 Å². The van der Waals surface area contributed by atoms with Gasteiger partial charge in [-0.3, -0.25) is 24.2 Å². The van der Waals surface area contributed by atoms with Crippen molar-refractivity contribution in [2.75, 3.05) is 257 Å². The van der Waals surface area contributed by atoms with Gasteiger partial charge in [0, 0.05) is 84.8 Å². The van der Waals surface area contributed by atoms with Crippen LogP contribution in [0.15, 0.2) is 23.3 Å². The third kappa shape index (κ3) is 51.5. The molecule has 8 aliphatic rings. The monoisotopic (exact) mass is 2090 g/mol. The molecule has 5 amide bonds. The average molecular weight is 2090 g/mol. The summed E-state index contributed by atoms with van der Waals surface area (Å²) in [4.78, 5) is 75.3. The third-order valence-electron chi connectivity index (χ3n) is 32.0. The summed E-state index contributed by atoms with van der Waals surface area (Å²) in [5.41, 5.74) is 11.7. The first-order chi connectivity index (χ1) is 70.1. The number of hydrogen-bond acceptors (Lipinski definition) is 25. The molecule has 0 saturated heterocycles. The van der Waals surface area contributed by atoms with Crippen molar-refractivity contribution in [2.24, 2.45) is 92.7 Å². The summed E-state index contributed by atoms with van der Waals surface area (Å²) >= 11 is 0. The number of quaternary nitrogens is 2. The number of nitrogens with zero attached hydrogens (tertiary/aromatic N) is 2. The average Bonchev–Trinajstić information content (AvgIpc) is 1.65. The number of carbonyl (C=O) groups is 6. The van der Waals surface area contributed by atoms with Crippen LogP contribution in [0.25, 0.3) is 0 Å². The Labute approximate surface area is 887 Å². The molecule has 16 atom stereocenters. The van der Waals surface area contributed by atoms with Crippen molar-refractivity contribution < 1.29 is 126 Å². The van der Waals surface area contributed by atoms with E-state index in [0.29, 0.717) is 220 Å². The van der Waals surface area contributed by atoms with Gasteiger partial charge in [-0.05, 0) is 258 Å². The highest BCUT2D eigenvalue weighted by Crippen LogP contribution is 2.69. The number of ether oxygens (including phenoxy) is 17. The lowest BCUT2D eigenvalue weighted by Gasteiger charge is -2.58. The van der Waals surface area contributed by atoms with E-state index in [1.165, 1.54) is 128 Å². The smallest absolute Gasteiger partial charge is 0.407 e. The number of carboxylic acids is 1. The van der Waals surface area contributed by atoms with Gasteiger partial charge in [-0.1, -0.05) is 131 Å². The number of alkyl carbamates (subject to hydrolysis) is 3. The Bertz CT molecular complexity index is 3560. The van der Waals surface area contributed by atoms with Crippen molar-refractivity contribution in [2.45, 2.75) is 321 Å². The van der Waals surface area contributed by atoms with E-state index < -0.39 is 41.1 Å². The summed E-state index contributed by atoms with van der Waals surface area (Å²) in [5.74, 6) is 9.38. The molecule has 33 nitrogen and oxygen atoms in total. The molecule has 147 heavy (non-hydrogen) atoms. The van der Waals surface area contributed by atoms with E-state index in [2.05, 4.69) is 129 Å². The minimum absolute atomic E-state index is 0.00357. The molecule has 856 valence electrons. The van der Waals surface area contributed by atoms with E-state index in [9.17, 15) is 28.8 Å². The number of aliphatic carboxylic acids is 1. The molecule has 0 spiro atoms. The van der Waals surface area contributed by atoms with Gasteiger partial charge in [0.1, 0.15) is 16.8 Å². The molecule has 8 aliphatic carbocycles. The largest absolute Gasteiger partial charge is 0.481 e. The minimum Gasteiger partial charge on any atom is -0.481 e.